The van der Waals surface area contributed by atoms with Gasteiger partial charge in [0.15, 0.2) is 29.3 Å². The van der Waals surface area contributed by atoms with Crippen LogP contribution in [0.5, 0.6) is 0 Å². The molecule has 12 heteroatoms. The summed E-state index contributed by atoms with van der Waals surface area (Å²) in [6.45, 7) is -2.75. The van der Waals surface area contributed by atoms with Gasteiger partial charge in [-0.25, -0.2) is 9.18 Å². The highest BCUT2D eigenvalue weighted by Gasteiger charge is 2.38. The normalized spacial score (nSPS) is 24.2. The van der Waals surface area contributed by atoms with Gasteiger partial charge >= 0.3 is 5.69 Å². The fourth-order valence-corrected chi connectivity index (χ4v) is 2.20. The van der Waals surface area contributed by atoms with E-state index in [1.54, 1.807) is 0 Å². The number of anilines is 1. The summed E-state index contributed by atoms with van der Waals surface area (Å²) in [6, 6.07) is 0. The molecule has 0 saturated heterocycles. The number of hydrogen-bond acceptors (Lipinski definition) is 8. The molecule has 22 heavy (non-hydrogen) atoms. The van der Waals surface area contributed by atoms with Crippen LogP contribution in [0, 0.1) is 5.82 Å². The van der Waals surface area contributed by atoms with Gasteiger partial charge in [0.2, 0.25) is 6.23 Å². The number of aliphatic hydroxyl groups excluding tert-OH is 2. The molecular formula is C10H12ClFN3O6P. The minimum Gasteiger partial charge on any atom is -0.506 e. The number of rotatable bonds is 4. The van der Waals surface area contributed by atoms with E-state index in [2.05, 4.69) is 4.98 Å². The molecule has 122 valence electrons. The predicted octanol–water partition coefficient (Wildman–Crippen LogP) is 0.702. The van der Waals surface area contributed by atoms with E-state index in [0.717, 1.165) is 6.66 Å². The summed E-state index contributed by atoms with van der Waals surface area (Å²) in [7, 11) is 0. The maximum absolute atomic E-state index is 13.4. The second-order valence-corrected chi connectivity index (χ2v) is 8.04. The third-order valence-corrected chi connectivity index (χ3v) is 3.62. The van der Waals surface area contributed by atoms with Gasteiger partial charge < -0.3 is 25.2 Å². The van der Waals surface area contributed by atoms with Gasteiger partial charge in [-0.05, 0) is 11.2 Å². The van der Waals surface area contributed by atoms with Gasteiger partial charge in [-0.3, -0.25) is 9.13 Å². The second kappa shape index (κ2) is 5.88. The van der Waals surface area contributed by atoms with E-state index in [1.165, 1.54) is 0 Å². The van der Waals surface area contributed by atoms with Crippen molar-refractivity contribution in [3.05, 3.63) is 34.0 Å². The number of nitrogens with two attached hydrogens (primary N) is 1. The molecule has 0 radical (unpaired) electrons. The summed E-state index contributed by atoms with van der Waals surface area (Å²) in [5, 5.41) is 19.6. The lowest BCUT2D eigenvalue weighted by molar-refractivity contribution is -0.0164. The first kappa shape index (κ1) is 16.8. The molecule has 0 aromatic carbocycles. The summed E-state index contributed by atoms with van der Waals surface area (Å²) in [5.41, 5.74) is 4.16. The Balaban J connectivity index is 2.25. The predicted molar refractivity (Wildman–Crippen MR) is 74.0 cm³/mol. The lowest BCUT2D eigenvalue weighted by atomic mass is 10.2. The van der Waals surface area contributed by atoms with E-state index in [9.17, 15) is 24.0 Å². The maximum Gasteiger partial charge on any atom is 0.352 e. The molecule has 0 spiro atoms. The van der Waals surface area contributed by atoms with Gasteiger partial charge in [-0.15, -0.1) is 0 Å². The minimum atomic E-state index is -3.37. The Hall–Kier alpha value is -1.61. The van der Waals surface area contributed by atoms with E-state index in [4.69, 9.17) is 26.2 Å². The first-order valence-electron chi connectivity index (χ1n) is 5.82. The molecule has 3 atom stereocenters. The number of halogens is 2. The van der Waals surface area contributed by atoms with Crippen molar-refractivity contribution in [1.29, 1.82) is 0 Å². The lowest BCUT2D eigenvalue weighted by Gasteiger charge is -2.18. The van der Waals surface area contributed by atoms with Crippen molar-refractivity contribution >= 4 is 23.8 Å². The molecular weight excluding hydrogens is 344 g/mol. The second-order valence-electron chi connectivity index (χ2n) is 4.45. The van der Waals surface area contributed by atoms with Crippen LogP contribution in [0.1, 0.15) is 6.23 Å². The maximum atomic E-state index is 13.4. The van der Waals surface area contributed by atoms with E-state index in [-0.39, 0.29) is 5.76 Å². The number of hydrogen-bond donors (Lipinski definition) is 3. The summed E-state index contributed by atoms with van der Waals surface area (Å²) in [6.07, 6.45) is -2.46. The standard InChI is InChI=1S/C10H12ClFN3O6P/c1-22(11,19)20-3-5-6(16)7(17)9(21-5)15-2-4(12)8(13)14-10(15)18/h2,7,9,16-17H,3H2,1H3,(H2,13,14,18)/t7?,9-,22?/m1/s1. The molecule has 4 N–H and O–H groups in total. The van der Waals surface area contributed by atoms with Gasteiger partial charge in [0.25, 0.3) is 6.72 Å². The number of nitrogens with zero attached hydrogens (tertiary/aromatic N) is 2. The van der Waals surface area contributed by atoms with Gasteiger partial charge in [-0.2, -0.15) is 4.98 Å². The smallest absolute Gasteiger partial charge is 0.352 e. The van der Waals surface area contributed by atoms with Crippen molar-refractivity contribution in [2.75, 3.05) is 19.0 Å². The van der Waals surface area contributed by atoms with Gasteiger partial charge in [0, 0.05) is 6.66 Å². The Morgan fingerprint density at radius 2 is 2.32 bits per heavy atom. The third-order valence-electron chi connectivity index (χ3n) is 2.73. The molecule has 0 bridgehead atoms. The highest BCUT2D eigenvalue weighted by atomic mass is 35.7. The number of aromatic nitrogens is 2. The number of ether oxygens (including phenoxy) is 1. The van der Waals surface area contributed by atoms with Gasteiger partial charge in [0.05, 0.1) is 6.20 Å². The van der Waals surface area contributed by atoms with Crippen molar-refractivity contribution in [1.82, 2.24) is 9.55 Å². The van der Waals surface area contributed by atoms with E-state index in [1.807, 2.05) is 0 Å². The monoisotopic (exact) mass is 355 g/mol. The highest BCUT2D eigenvalue weighted by Crippen LogP contribution is 2.49. The van der Waals surface area contributed by atoms with Crippen molar-refractivity contribution in [2.45, 2.75) is 12.3 Å². The molecule has 2 unspecified atom stereocenters. The van der Waals surface area contributed by atoms with Crippen molar-refractivity contribution < 1.29 is 28.4 Å². The SMILES string of the molecule is CP(=O)(Cl)OCC1=C(O)C(O)[C@H](n2cc(F)c(N)nc2=O)O1. The fraction of sp³-hybridized carbons (Fsp3) is 0.400. The van der Waals surface area contributed by atoms with Crippen LogP contribution < -0.4 is 11.4 Å². The number of aliphatic hydroxyl groups is 2. The summed E-state index contributed by atoms with van der Waals surface area (Å²) in [5.74, 6) is -2.55. The van der Waals surface area contributed by atoms with Crippen LogP contribution in [-0.2, 0) is 13.8 Å². The molecule has 0 fully saturated rings. The van der Waals surface area contributed by atoms with Gasteiger partial charge in [0.1, 0.15) is 6.61 Å². The number of nitrogen functional groups attached to an aromatic ring is 1. The molecule has 0 aliphatic carbocycles. The average Bonchev–Trinajstić information content (AvgIpc) is 2.68. The van der Waals surface area contributed by atoms with Crippen LogP contribution in [0.3, 0.4) is 0 Å². The quantitative estimate of drug-likeness (QED) is 0.671. The average molecular weight is 356 g/mol. The van der Waals surface area contributed by atoms with Crippen molar-refractivity contribution in [2.24, 2.45) is 0 Å². The summed E-state index contributed by atoms with van der Waals surface area (Å²) < 4.78 is 35.1. The largest absolute Gasteiger partial charge is 0.506 e. The fourth-order valence-electron chi connectivity index (χ4n) is 1.70. The van der Waals surface area contributed by atoms with Gasteiger partial charge in [-0.1, -0.05) is 0 Å². The summed E-state index contributed by atoms with van der Waals surface area (Å²) in [4.78, 5) is 14.9. The Bertz CT molecular complexity index is 732. The zero-order valence-corrected chi connectivity index (χ0v) is 12.8. The molecule has 0 amide bonds. The molecule has 9 nitrogen and oxygen atoms in total. The Morgan fingerprint density at radius 1 is 1.68 bits per heavy atom. The Labute approximate surface area is 128 Å². The molecule has 0 saturated carbocycles. The van der Waals surface area contributed by atoms with Crippen molar-refractivity contribution in [3.63, 3.8) is 0 Å². The van der Waals surface area contributed by atoms with Crippen LogP contribution in [0.25, 0.3) is 0 Å². The third kappa shape index (κ3) is 3.41. The van der Waals surface area contributed by atoms with Crippen molar-refractivity contribution in [3.8, 4) is 0 Å². The van der Waals surface area contributed by atoms with E-state index in [0.29, 0.717) is 10.8 Å². The first-order valence-corrected chi connectivity index (χ1v) is 8.80. The van der Waals surface area contributed by atoms with E-state index < -0.39 is 48.7 Å². The minimum absolute atomic E-state index is 0.288. The van der Waals surface area contributed by atoms with Crippen LogP contribution in [0.2, 0.25) is 0 Å². The molecule has 1 aliphatic rings. The van der Waals surface area contributed by atoms with Crippen LogP contribution in [-0.4, -0.2) is 39.1 Å². The Kier molecular flexibility index (Phi) is 4.48. The zero-order chi connectivity index (χ0) is 16.7. The molecule has 1 aromatic heterocycles. The molecule has 1 aromatic rings. The lowest BCUT2D eigenvalue weighted by Crippen LogP contribution is -2.33. The highest BCUT2D eigenvalue weighted by molar-refractivity contribution is 7.84. The van der Waals surface area contributed by atoms with E-state index >= 15 is 0 Å². The van der Waals surface area contributed by atoms with Crippen LogP contribution in [0.4, 0.5) is 10.2 Å². The van der Waals surface area contributed by atoms with Crippen LogP contribution in [0.15, 0.2) is 22.5 Å². The molecule has 2 rings (SSSR count). The molecule has 1 aliphatic heterocycles. The molecule has 2 heterocycles. The zero-order valence-electron chi connectivity index (χ0n) is 11.1. The first-order chi connectivity index (χ1) is 10.1. The van der Waals surface area contributed by atoms with Crippen LogP contribution >= 0.6 is 18.0 Å². The Morgan fingerprint density at radius 3 is 2.91 bits per heavy atom. The summed E-state index contributed by atoms with van der Waals surface area (Å²) >= 11 is 5.39. The topological polar surface area (TPSA) is 137 Å².